The van der Waals surface area contributed by atoms with Crippen molar-refractivity contribution in [2.75, 3.05) is 5.32 Å². The maximum absolute atomic E-state index is 13.3. The Morgan fingerprint density at radius 3 is 2.58 bits per heavy atom. The maximum Gasteiger partial charge on any atom is 0.242 e. The lowest BCUT2D eigenvalue weighted by molar-refractivity contribution is -0.128. The number of thioether (sulfide) groups is 1. The highest BCUT2D eigenvalue weighted by Gasteiger charge is 2.39. The van der Waals surface area contributed by atoms with E-state index >= 15 is 0 Å². The minimum atomic E-state index is -0.531. The van der Waals surface area contributed by atoms with Gasteiger partial charge in [-0.05, 0) is 61.7 Å². The maximum atomic E-state index is 13.3. The molecular formula is C26H26N4O2S. The zero-order valence-corrected chi connectivity index (χ0v) is 19.7. The predicted molar refractivity (Wildman–Crippen MR) is 134 cm³/mol. The normalized spacial score (nSPS) is 16.9. The van der Waals surface area contributed by atoms with E-state index in [9.17, 15) is 9.59 Å². The summed E-state index contributed by atoms with van der Waals surface area (Å²) in [5.41, 5.74) is 5.70. The molecule has 1 N–H and O–H groups in total. The summed E-state index contributed by atoms with van der Waals surface area (Å²) >= 11 is 1.34. The summed E-state index contributed by atoms with van der Waals surface area (Å²) in [7, 11) is 0. The van der Waals surface area contributed by atoms with Gasteiger partial charge in [-0.25, -0.2) is 4.99 Å². The van der Waals surface area contributed by atoms with Crippen molar-refractivity contribution in [3.8, 4) is 0 Å². The molecule has 0 spiro atoms. The van der Waals surface area contributed by atoms with Crippen LogP contribution in [-0.2, 0) is 16.1 Å². The van der Waals surface area contributed by atoms with Crippen molar-refractivity contribution >= 4 is 40.1 Å². The van der Waals surface area contributed by atoms with Crippen molar-refractivity contribution < 1.29 is 9.59 Å². The highest BCUT2D eigenvalue weighted by atomic mass is 32.2. The Morgan fingerprint density at radius 2 is 1.85 bits per heavy atom. The average molecular weight is 459 g/mol. The summed E-state index contributed by atoms with van der Waals surface area (Å²) in [6, 6.07) is 17.4. The lowest BCUT2D eigenvalue weighted by Gasteiger charge is -2.17. The van der Waals surface area contributed by atoms with Gasteiger partial charge in [-0.3, -0.25) is 19.5 Å². The molecule has 1 atom stereocenters. The lowest BCUT2D eigenvalue weighted by Crippen LogP contribution is -2.33. The summed E-state index contributed by atoms with van der Waals surface area (Å²) in [6.45, 7) is 6.37. The molecule has 1 aliphatic rings. The van der Waals surface area contributed by atoms with E-state index in [2.05, 4.69) is 10.3 Å². The van der Waals surface area contributed by atoms with Gasteiger partial charge in [-0.2, -0.15) is 0 Å². The molecule has 2 amide bonds. The van der Waals surface area contributed by atoms with Gasteiger partial charge in [-0.15, -0.1) is 0 Å². The third-order valence-corrected chi connectivity index (χ3v) is 6.55. The van der Waals surface area contributed by atoms with E-state index in [1.165, 1.54) is 11.8 Å². The number of nitrogens with one attached hydrogen (secondary N) is 1. The highest BCUT2D eigenvalue weighted by Crippen LogP contribution is 2.34. The molecule has 4 rings (SSSR count). The largest absolute Gasteiger partial charge is 0.326 e. The quantitative estimate of drug-likeness (QED) is 0.553. The van der Waals surface area contributed by atoms with Crippen LogP contribution < -0.4 is 5.32 Å². The van der Waals surface area contributed by atoms with Crippen molar-refractivity contribution in [1.82, 2.24) is 9.88 Å². The monoisotopic (exact) mass is 458 g/mol. The predicted octanol–water partition coefficient (Wildman–Crippen LogP) is 5.17. The van der Waals surface area contributed by atoms with Crippen molar-refractivity contribution in [2.45, 2.75) is 39.0 Å². The number of aromatic nitrogens is 1. The molecule has 1 fully saturated rings. The molecule has 0 unspecified atom stereocenters. The van der Waals surface area contributed by atoms with Crippen LogP contribution in [0.5, 0.6) is 0 Å². The summed E-state index contributed by atoms with van der Waals surface area (Å²) in [5, 5.41) is 2.96. The Balaban J connectivity index is 1.57. The minimum Gasteiger partial charge on any atom is -0.326 e. The first-order valence-corrected chi connectivity index (χ1v) is 11.7. The fraction of sp³-hybridized carbons (Fsp3) is 0.231. The topological polar surface area (TPSA) is 74.7 Å². The van der Waals surface area contributed by atoms with Crippen molar-refractivity contribution in [3.63, 3.8) is 0 Å². The van der Waals surface area contributed by atoms with E-state index < -0.39 is 5.25 Å². The number of carbonyl (C=O) groups is 2. The Bertz CT molecular complexity index is 1190. The first-order valence-electron chi connectivity index (χ1n) is 10.8. The Labute approximate surface area is 198 Å². The average Bonchev–Trinajstić information content (AvgIpc) is 3.07. The van der Waals surface area contributed by atoms with E-state index in [0.717, 1.165) is 33.6 Å². The molecule has 1 aromatic heterocycles. The molecule has 0 aliphatic carbocycles. The second-order valence-corrected chi connectivity index (χ2v) is 9.36. The molecule has 7 heteroatoms. The molecular weight excluding hydrogens is 432 g/mol. The highest BCUT2D eigenvalue weighted by molar-refractivity contribution is 8.15. The summed E-state index contributed by atoms with van der Waals surface area (Å²) in [6.07, 6.45) is 3.52. The molecule has 1 aliphatic heterocycles. The van der Waals surface area contributed by atoms with Crippen molar-refractivity contribution in [1.29, 1.82) is 0 Å². The number of anilines is 1. The molecule has 2 heterocycles. The zero-order valence-electron chi connectivity index (χ0n) is 18.9. The Hall–Kier alpha value is -3.45. The third-order valence-electron chi connectivity index (χ3n) is 5.37. The van der Waals surface area contributed by atoms with Crippen LogP contribution in [-0.4, -0.2) is 32.1 Å². The Morgan fingerprint density at radius 1 is 1.09 bits per heavy atom. The van der Waals surface area contributed by atoms with Crippen LogP contribution >= 0.6 is 11.8 Å². The first kappa shape index (κ1) is 22.7. The number of amidine groups is 1. The van der Waals surface area contributed by atoms with Gasteiger partial charge in [0.25, 0.3) is 0 Å². The van der Waals surface area contributed by atoms with Crippen molar-refractivity contribution in [3.05, 3.63) is 89.2 Å². The molecule has 6 nitrogen and oxygen atoms in total. The molecule has 33 heavy (non-hydrogen) atoms. The van der Waals surface area contributed by atoms with E-state index in [0.29, 0.717) is 11.7 Å². The zero-order chi connectivity index (χ0) is 23.4. The third kappa shape index (κ3) is 5.68. The van der Waals surface area contributed by atoms with Crippen LogP contribution in [0.15, 0.2) is 72.0 Å². The van der Waals surface area contributed by atoms with Crippen LogP contribution in [0.2, 0.25) is 0 Å². The number of rotatable bonds is 6. The fourth-order valence-electron chi connectivity index (χ4n) is 3.51. The summed E-state index contributed by atoms with van der Waals surface area (Å²) in [4.78, 5) is 36.6. The van der Waals surface area contributed by atoms with Gasteiger partial charge >= 0.3 is 0 Å². The lowest BCUT2D eigenvalue weighted by atomic mass is 10.1. The van der Waals surface area contributed by atoms with Crippen LogP contribution in [0.25, 0.3) is 0 Å². The standard InChI is InChI=1S/C26H26N4O2S/c1-17-7-10-21(11-8-17)28-24(31)14-23-25(32)30(16-20-5-4-12-27-15-20)26(33-23)29-22-13-18(2)6-9-19(22)3/h4-13,15,23H,14,16H2,1-3H3,(H,28,31)/t23-/m0/s1. The van der Waals surface area contributed by atoms with Gasteiger partial charge in [0.2, 0.25) is 11.8 Å². The fourth-order valence-corrected chi connectivity index (χ4v) is 4.66. The number of hydrogen-bond acceptors (Lipinski definition) is 5. The van der Waals surface area contributed by atoms with Gasteiger partial charge in [-0.1, -0.05) is 47.7 Å². The number of hydrogen-bond donors (Lipinski definition) is 1. The molecule has 168 valence electrons. The number of aryl methyl sites for hydroxylation is 3. The van der Waals surface area contributed by atoms with Crippen LogP contribution in [0.3, 0.4) is 0 Å². The Kier molecular flexibility index (Phi) is 6.89. The van der Waals surface area contributed by atoms with E-state index in [1.54, 1.807) is 17.3 Å². The van der Waals surface area contributed by atoms with Crippen LogP contribution in [0.4, 0.5) is 11.4 Å². The number of nitrogens with zero attached hydrogens (tertiary/aromatic N) is 3. The second-order valence-electron chi connectivity index (χ2n) is 8.19. The summed E-state index contributed by atoms with van der Waals surface area (Å²) in [5.74, 6) is -0.314. The van der Waals surface area contributed by atoms with Crippen LogP contribution in [0, 0.1) is 20.8 Å². The van der Waals surface area contributed by atoms with Gasteiger partial charge in [0, 0.05) is 24.5 Å². The van der Waals surface area contributed by atoms with E-state index in [4.69, 9.17) is 4.99 Å². The van der Waals surface area contributed by atoms with Gasteiger partial charge < -0.3 is 5.32 Å². The molecule has 3 aromatic rings. The van der Waals surface area contributed by atoms with Gasteiger partial charge in [0.05, 0.1) is 12.2 Å². The SMILES string of the molecule is Cc1ccc(NC(=O)C[C@@H]2SC(=Nc3cc(C)ccc3C)N(Cc3cccnc3)C2=O)cc1. The van der Waals surface area contributed by atoms with E-state index in [1.807, 2.05) is 75.4 Å². The molecule has 2 aromatic carbocycles. The van der Waals surface area contributed by atoms with Gasteiger partial charge in [0.15, 0.2) is 5.17 Å². The summed E-state index contributed by atoms with van der Waals surface area (Å²) < 4.78 is 0. The molecule has 0 bridgehead atoms. The van der Waals surface area contributed by atoms with Gasteiger partial charge in [0.1, 0.15) is 5.25 Å². The van der Waals surface area contributed by atoms with E-state index in [-0.39, 0.29) is 18.2 Å². The number of benzene rings is 2. The number of aliphatic imine (C=N–C) groups is 1. The number of pyridine rings is 1. The molecule has 0 saturated carbocycles. The molecule has 0 radical (unpaired) electrons. The number of amides is 2. The smallest absolute Gasteiger partial charge is 0.242 e. The first-order chi connectivity index (χ1) is 15.9. The van der Waals surface area contributed by atoms with Crippen LogP contribution in [0.1, 0.15) is 28.7 Å². The minimum absolute atomic E-state index is 0.0761. The molecule has 1 saturated heterocycles. The van der Waals surface area contributed by atoms with Crippen molar-refractivity contribution in [2.24, 2.45) is 4.99 Å². The number of carbonyl (C=O) groups excluding carboxylic acids is 2. The second kappa shape index (κ2) is 10.0.